The molecule has 0 bridgehead atoms. The second kappa shape index (κ2) is 6.11. The number of carbonyl (C=O) groups excluding carboxylic acids is 1. The summed E-state index contributed by atoms with van der Waals surface area (Å²) >= 11 is 0. The van der Waals surface area contributed by atoms with Crippen molar-refractivity contribution in [1.82, 2.24) is 24.7 Å². The van der Waals surface area contributed by atoms with Crippen LogP contribution >= 0.6 is 0 Å². The number of hydrogen-bond acceptors (Lipinski definition) is 6. The maximum Gasteiger partial charge on any atom is 0.227 e. The molecule has 2 fully saturated rings. The van der Waals surface area contributed by atoms with Gasteiger partial charge in [0.2, 0.25) is 5.91 Å². The van der Waals surface area contributed by atoms with E-state index in [4.69, 9.17) is 4.74 Å². The van der Waals surface area contributed by atoms with Crippen LogP contribution in [0.15, 0.2) is 18.5 Å². The normalized spacial score (nSPS) is 22.5. The summed E-state index contributed by atoms with van der Waals surface area (Å²) in [6, 6.07) is 3.86. The van der Waals surface area contributed by atoms with E-state index >= 15 is 0 Å². The molecule has 23 heavy (non-hydrogen) atoms. The lowest BCUT2D eigenvalue weighted by atomic mass is 9.96. The van der Waals surface area contributed by atoms with Crippen LogP contribution in [0.1, 0.15) is 12.8 Å². The van der Waals surface area contributed by atoms with Gasteiger partial charge in [-0.05, 0) is 25.0 Å². The maximum atomic E-state index is 12.7. The number of carbonyl (C=O) groups is 1. The van der Waals surface area contributed by atoms with Crippen LogP contribution in [0.2, 0.25) is 0 Å². The van der Waals surface area contributed by atoms with Gasteiger partial charge >= 0.3 is 0 Å². The van der Waals surface area contributed by atoms with Crippen LogP contribution in [0, 0.1) is 5.92 Å². The van der Waals surface area contributed by atoms with Gasteiger partial charge in [-0.2, -0.15) is 4.52 Å². The number of piperidine rings is 1. The van der Waals surface area contributed by atoms with E-state index in [1.807, 2.05) is 17.0 Å². The molecule has 2 aromatic rings. The highest BCUT2D eigenvalue weighted by Gasteiger charge is 2.30. The summed E-state index contributed by atoms with van der Waals surface area (Å²) in [5.74, 6) is 1.17. The van der Waals surface area contributed by atoms with Crippen molar-refractivity contribution in [3.8, 4) is 0 Å². The summed E-state index contributed by atoms with van der Waals surface area (Å²) in [5.41, 5.74) is 0.728. The molecule has 122 valence electrons. The Hall–Kier alpha value is -2.22. The van der Waals surface area contributed by atoms with Crippen molar-refractivity contribution in [2.45, 2.75) is 12.8 Å². The fourth-order valence-corrected chi connectivity index (χ4v) is 3.32. The predicted octanol–water partition coefficient (Wildman–Crippen LogP) is 0.200. The van der Waals surface area contributed by atoms with Gasteiger partial charge < -0.3 is 14.5 Å². The Bertz CT molecular complexity index is 696. The highest BCUT2D eigenvalue weighted by atomic mass is 16.5. The topological polar surface area (TPSA) is 75.9 Å². The standard InChI is InChI=1S/C15H20N6O2/c22-15(19-6-8-23-9-7-19)12-2-1-5-20(10-12)14-4-3-13-17-16-11-21(13)18-14/h3-4,11-12H,1-2,5-10H2/t12-/m0/s1. The fraction of sp³-hybridized carbons (Fsp3) is 0.600. The zero-order valence-electron chi connectivity index (χ0n) is 13.0. The monoisotopic (exact) mass is 316 g/mol. The van der Waals surface area contributed by atoms with Crippen LogP contribution in [-0.2, 0) is 9.53 Å². The molecule has 2 aliphatic rings. The molecule has 2 aliphatic heterocycles. The molecule has 1 amide bonds. The molecule has 0 aromatic carbocycles. The van der Waals surface area contributed by atoms with E-state index in [1.165, 1.54) is 0 Å². The molecule has 0 unspecified atom stereocenters. The molecule has 2 saturated heterocycles. The molecule has 0 N–H and O–H groups in total. The van der Waals surface area contributed by atoms with Gasteiger partial charge in [-0.25, -0.2) is 0 Å². The highest BCUT2D eigenvalue weighted by Crippen LogP contribution is 2.23. The molecule has 0 radical (unpaired) electrons. The van der Waals surface area contributed by atoms with Crippen molar-refractivity contribution in [2.75, 3.05) is 44.3 Å². The van der Waals surface area contributed by atoms with E-state index in [1.54, 1.807) is 10.8 Å². The number of ether oxygens (including phenoxy) is 1. The Kier molecular flexibility index (Phi) is 3.82. The third-order valence-corrected chi connectivity index (χ3v) is 4.56. The molecule has 4 heterocycles. The minimum atomic E-state index is 0.0419. The summed E-state index contributed by atoms with van der Waals surface area (Å²) in [6.07, 6.45) is 3.54. The molecule has 2 aromatic heterocycles. The SMILES string of the molecule is O=C([C@H]1CCCN(c2ccc3nncn3n2)C1)N1CCOCC1. The summed E-state index contributed by atoms with van der Waals surface area (Å²) in [6.45, 7) is 4.35. The Morgan fingerprint density at radius 2 is 2.09 bits per heavy atom. The zero-order chi connectivity index (χ0) is 15.6. The van der Waals surface area contributed by atoms with E-state index in [2.05, 4.69) is 20.2 Å². The minimum absolute atomic E-state index is 0.0419. The summed E-state index contributed by atoms with van der Waals surface area (Å²) < 4.78 is 7.00. The first kappa shape index (κ1) is 14.4. The maximum absolute atomic E-state index is 12.7. The second-order valence-electron chi connectivity index (χ2n) is 6.05. The van der Waals surface area contributed by atoms with Gasteiger partial charge in [0.05, 0.1) is 19.1 Å². The second-order valence-corrected chi connectivity index (χ2v) is 6.05. The van der Waals surface area contributed by atoms with Gasteiger partial charge in [-0.15, -0.1) is 15.3 Å². The van der Waals surface area contributed by atoms with Crippen LogP contribution in [0.3, 0.4) is 0 Å². The molecule has 8 nitrogen and oxygen atoms in total. The van der Waals surface area contributed by atoms with Gasteiger partial charge in [-0.3, -0.25) is 4.79 Å². The number of fused-ring (bicyclic) bond motifs is 1. The summed E-state index contributed by atoms with van der Waals surface area (Å²) in [5, 5.41) is 12.4. The highest BCUT2D eigenvalue weighted by molar-refractivity contribution is 5.79. The van der Waals surface area contributed by atoms with Crippen LogP contribution < -0.4 is 4.90 Å². The first-order chi connectivity index (χ1) is 11.3. The van der Waals surface area contributed by atoms with Crippen molar-refractivity contribution in [3.05, 3.63) is 18.5 Å². The average molecular weight is 316 g/mol. The first-order valence-electron chi connectivity index (χ1n) is 8.10. The number of hydrogen-bond donors (Lipinski definition) is 0. The summed E-state index contributed by atoms with van der Waals surface area (Å²) in [7, 11) is 0. The van der Waals surface area contributed by atoms with Gasteiger partial charge in [0, 0.05) is 26.2 Å². The van der Waals surface area contributed by atoms with E-state index in [0.29, 0.717) is 26.3 Å². The first-order valence-corrected chi connectivity index (χ1v) is 8.10. The number of morpholine rings is 1. The molecule has 4 rings (SSSR count). The molecular formula is C15H20N6O2. The van der Waals surface area contributed by atoms with Crippen molar-refractivity contribution in [1.29, 1.82) is 0 Å². The molecule has 0 spiro atoms. The van der Waals surface area contributed by atoms with E-state index in [-0.39, 0.29) is 11.8 Å². The van der Waals surface area contributed by atoms with Crippen molar-refractivity contribution in [3.63, 3.8) is 0 Å². The van der Waals surface area contributed by atoms with Gasteiger partial charge in [0.15, 0.2) is 5.65 Å². The number of aromatic nitrogens is 4. The van der Waals surface area contributed by atoms with Gasteiger partial charge in [0.1, 0.15) is 12.1 Å². The quantitative estimate of drug-likeness (QED) is 0.788. The molecule has 0 saturated carbocycles. The smallest absolute Gasteiger partial charge is 0.227 e. The lowest BCUT2D eigenvalue weighted by Gasteiger charge is -2.36. The largest absolute Gasteiger partial charge is 0.378 e. The molecule has 1 atom stereocenters. The van der Waals surface area contributed by atoms with E-state index in [9.17, 15) is 4.79 Å². The van der Waals surface area contributed by atoms with Crippen LogP contribution in [0.25, 0.3) is 5.65 Å². The molecule has 8 heteroatoms. The zero-order valence-corrected chi connectivity index (χ0v) is 13.0. The van der Waals surface area contributed by atoms with Crippen LogP contribution in [0.4, 0.5) is 5.82 Å². The molecule has 0 aliphatic carbocycles. The van der Waals surface area contributed by atoms with Crippen molar-refractivity contribution in [2.24, 2.45) is 5.92 Å². The van der Waals surface area contributed by atoms with Crippen LogP contribution in [-0.4, -0.2) is 70.0 Å². The number of rotatable bonds is 2. The number of nitrogens with zero attached hydrogens (tertiary/aromatic N) is 6. The van der Waals surface area contributed by atoms with Crippen molar-refractivity contribution < 1.29 is 9.53 Å². The summed E-state index contributed by atoms with van der Waals surface area (Å²) in [4.78, 5) is 16.8. The fourth-order valence-electron chi connectivity index (χ4n) is 3.32. The lowest BCUT2D eigenvalue weighted by molar-refractivity contribution is -0.139. The number of amides is 1. The Balaban J connectivity index is 1.48. The van der Waals surface area contributed by atoms with Crippen LogP contribution in [0.5, 0.6) is 0 Å². The van der Waals surface area contributed by atoms with E-state index in [0.717, 1.165) is 37.4 Å². The Morgan fingerprint density at radius 1 is 1.22 bits per heavy atom. The molecular weight excluding hydrogens is 296 g/mol. The van der Waals surface area contributed by atoms with Crippen molar-refractivity contribution >= 4 is 17.4 Å². The predicted molar refractivity (Wildman–Crippen MR) is 83.1 cm³/mol. The average Bonchev–Trinajstić information content (AvgIpc) is 3.09. The Morgan fingerprint density at radius 3 is 2.96 bits per heavy atom. The number of anilines is 1. The lowest BCUT2D eigenvalue weighted by Crippen LogP contribution is -2.48. The van der Waals surface area contributed by atoms with Gasteiger partial charge in [0.25, 0.3) is 0 Å². The van der Waals surface area contributed by atoms with E-state index < -0.39 is 0 Å². The Labute approximate surface area is 134 Å². The third kappa shape index (κ3) is 2.86. The van der Waals surface area contributed by atoms with Gasteiger partial charge in [-0.1, -0.05) is 0 Å². The third-order valence-electron chi connectivity index (χ3n) is 4.56. The minimum Gasteiger partial charge on any atom is -0.378 e.